The van der Waals surface area contributed by atoms with Crippen LogP contribution in [0.4, 0.5) is 5.69 Å². The first-order valence-corrected chi connectivity index (χ1v) is 7.71. The Labute approximate surface area is 132 Å². The van der Waals surface area contributed by atoms with E-state index in [9.17, 15) is 4.79 Å². The summed E-state index contributed by atoms with van der Waals surface area (Å²) in [6, 6.07) is 14.9. The zero-order valence-corrected chi connectivity index (χ0v) is 12.6. The number of benzene rings is 2. The molecule has 0 aliphatic carbocycles. The molecule has 2 aromatic carbocycles. The summed E-state index contributed by atoms with van der Waals surface area (Å²) in [4.78, 5) is 16.3. The SMILES string of the molecule is NCC(N)C(=O)Nc1ccc(-c2nc3ccccc3s2)cc1. The molecule has 0 saturated heterocycles. The van der Waals surface area contributed by atoms with E-state index in [1.54, 1.807) is 11.3 Å². The van der Waals surface area contributed by atoms with Gasteiger partial charge in [0.1, 0.15) is 5.01 Å². The van der Waals surface area contributed by atoms with Gasteiger partial charge in [-0.25, -0.2) is 4.98 Å². The molecule has 0 fully saturated rings. The van der Waals surface area contributed by atoms with Crippen molar-refractivity contribution in [3.63, 3.8) is 0 Å². The Balaban J connectivity index is 1.80. The Kier molecular flexibility index (Phi) is 4.15. The van der Waals surface area contributed by atoms with Crippen LogP contribution in [0.3, 0.4) is 0 Å². The number of nitrogens with one attached hydrogen (secondary N) is 1. The Bertz CT molecular complexity index is 764. The number of rotatable bonds is 4. The number of nitrogens with zero attached hydrogens (tertiary/aromatic N) is 1. The monoisotopic (exact) mass is 312 g/mol. The van der Waals surface area contributed by atoms with Crippen LogP contribution in [0.15, 0.2) is 48.5 Å². The number of anilines is 1. The maximum atomic E-state index is 11.7. The molecule has 112 valence electrons. The quantitative estimate of drug-likeness (QED) is 0.688. The number of carbonyl (C=O) groups is 1. The summed E-state index contributed by atoms with van der Waals surface area (Å²) in [5, 5.41) is 3.69. The van der Waals surface area contributed by atoms with Crippen LogP contribution in [0.5, 0.6) is 0 Å². The molecule has 1 aromatic heterocycles. The number of fused-ring (bicyclic) bond motifs is 1. The highest BCUT2D eigenvalue weighted by Crippen LogP contribution is 2.30. The van der Waals surface area contributed by atoms with Gasteiger partial charge < -0.3 is 16.8 Å². The average Bonchev–Trinajstić information content (AvgIpc) is 2.98. The Morgan fingerprint density at radius 3 is 2.59 bits per heavy atom. The number of hydrogen-bond acceptors (Lipinski definition) is 5. The van der Waals surface area contributed by atoms with Gasteiger partial charge >= 0.3 is 0 Å². The minimum Gasteiger partial charge on any atom is -0.328 e. The van der Waals surface area contributed by atoms with Crippen molar-refractivity contribution >= 4 is 33.1 Å². The van der Waals surface area contributed by atoms with Crippen LogP contribution < -0.4 is 16.8 Å². The molecule has 1 unspecified atom stereocenters. The van der Waals surface area contributed by atoms with E-state index in [4.69, 9.17) is 11.5 Å². The van der Waals surface area contributed by atoms with Crippen LogP contribution in [0.25, 0.3) is 20.8 Å². The lowest BCUT2D eigenvalue weighted by molar-refractivity contribution is -0.117. The van der Waals surface area contributed by atoms with E-state index in [1.165, 1.54) is 0 Å². The molecular formula is C16H16N4OS. The number of thiazole rings is 1. The van der Waals surface area contributed by atoms with E-state index >= 15 is 0 Å². The third-order valence-corrected chi connectivity index (χ3v) is 4.37. The Hall–Kier alpha value is -2.28. The van der Waals surface area contributed by atoms with Gasteiger partial charge in [-0.1, -0.05) is 12.1 Å². The minimum absolute atomic E-state index is 0.121. The van der Waals surface area contributed by atoms with Gasteiger partial charge in [-0.05, 0) is 36.4 Å². The molecular weight excluding hydrogens is 296 g/mol. The molecule has 0 spiro atoms. The first-order chi connectivity index (χ1) is 10.7. The number of nitrogens with two attached hydrogens (primary N) is 2. The fourth-order valence-corrected chi connectivity index (χ4v) is 3.00. The predicted octanol–water partition coefficient (Wildman–Crippen LogP) is 2.19. The van der Waals surface area contributed by atoms with Crippen molar-refractivity contribution in [2.24, 2.45) is 11.5 Å². The van der Waals surface area contributed by atoms with E-state index in [0.717, 1.165) is 20.8 Å². The summed E-state index contributed by atoms with van der Waals surface area (Å²) in [5.74, 6) is -0.282. The highest BCUT2D eigenvalue weighted by atomic mass is 32.1. The largest absolute Gasteiger partial charge is 0.328 e. The number of aromatic nitrogens is 1. The predicted molar refractivity (Wildman–Crippen MR) is 90.7 cm³/mol. The lowest BCUT2D eigenvalue weighted by Crippen LogP contribution is -2.41. The van der Waals surface area contributed by atoms with Crippen molar-refractivity contribution in [1.82, 2.24) is 4.98 Å². The second-order valence-electron chi connectivity index (χ2n) is 4.90. The van der Waals surface area contributed by atoms with E-state index in [1.807, 2.05) is 42.5 Å². The number of hydrogen-bond donors (Lipinski definition) is 3. The van der Waals surface area contributed by atoms with Gasteiger partial charge in [0.05, 0.1) is 16.3 Å². The van der Waals surface area contributed by atoms with Crippen LogP contribution in [0, 0.1) is 0 Å². The molecule has 1 heterocycles. The standard InChI is InChI=1S/C16H16N4OS/c17-9-12(18)15(21)19-11-7-5-10(6-8-11)16-20-13-3-1-2-4-14(13)22-16/h1-8,12H,9,17-18H2,(H,19,21). The van der Waals surface area contributed by atoms with Crippen LogP contribution in [0.2, 0.25) is 0 Å². The minimum atomic E-state index is -0.691. The summed E-state index contributed by atoms with van der Waals surface area (Å²) < 4.78 is 1.16. The van der Waals surface area contributed by atoms with Gasteiger partial charge in [-0.3, -0.25) is 4.79 Å². The molecule has 6 heteroatoms. The normalized spacial score (nSPS) is 12.3. The molecule has 1 atom stereocenters. The molecule has 0 saturated carbocycles. The highest BCUT2D eigenvalue weighted by molar-refractivity contribution is 7.21. The first-order valence-electron chi connectivity index (χ1n) is 6.90. The zero-order chi connectivity index (χ0) is 15.5. The van der Waals surface area contributed by atoms with Crippen molar-refractivity contribution in [1.29, 1.82) is 0 Å². The molecule has 0 radical (unpaired) electrons. The molecule has 5 N–H and O–H groups in total. The molecule has 0 aliphatic heterocycles. The number of carbonyl (C=O) groups excluding carboxylic acids is 1. The molecule has 1 amide bonds. The maximum Gasteiger partial charge on any atom is 0.242 e. The highest BCUT2D eigenvalue weighted by Gasteiger charge is 2.11. The second kappa shape index (κ2) is 6.23. The molecule has 3 aromatic rings. The Morgan fingerprint density at radius 2 is 1.91 bits per heavy atom. The third kappa shape index (κ3) is 2.99. The molecule has 3 rings (SSSR count). The summed E-state index contributed by atoms with van der Waals surface area (Å²) in [6.45, 7) is 0.121. The Morgan fingerprint density at radius 1 is 1.18 bits per heavy atom. The van der Waals surface area contributed by atoms with Crippen molar-refractivity contribution in [3.8, 4) is 10.6 Å². The summed E-state index contributed by atoms with van der Waals surface area (Å²) in [5.41, 5.74) is 13.7. The molecule has 0 aliphatic rings. The molecule has 5 nitrogen and oxygen atoms in total. The lowest BCUT2D eigenvalue weighted by Gasteiger charge is -2.10. The molecule has 0 bridgehead atoms. The van der Waals surface area contributed by atoms with E-state index < -0.39 is 6.04 Å². The molecule has 22 heavy (non-hydrogen) atoms. The van der Waals surface area contributed by atoms with Gasteiger partial charge in [0.2, 0.25) is 5.91 Å². The van der Waals surface area contributed by atoms with Crippen molar-refractivity contribution in [2.45, 2.75) is 6.04 Å². The smallest absolute Gasteiger partial charge is 0.242 e. The number of para-hydroxylation sites is 1. The van der Waals surface area contributed by atoms with E-state index in [2.05, 4.69) is 16.4 Å². The maximum absolute atomic E-state index is 11.7. The fraction of sp³-hybridized carbons (Fsp3) is 0.125. The lowest BCUT2D eigenvalue weighted by atomic mass is 10.2. The zero-order valence-electron chi connectivity index (χ0n) is 11.8. The summed E-state index contributed by atoms with van der Waals surface area (Å²) >= 11 is 1.64. The van der Waals surface area contributed by atoms with Crippen LogP contribution in [-0.2, 0) is 4.79 Å². The van der Waals surface area contributed by atoms with Crippen molar-refractivity contribution in [3.05, 3.63) is 48.5 Å². The van der Waals surface area contributed by atoms with Gasteiger partial charge in [-0.2, -0.15) is 0 Å². The topological polar surface area (TPSA) is 94.0 Å². The second-order valence-corrected chi connectivity index (χ2v) is 5.93. The van der Waals surface area contributed by atoms with E-state index in [0.29, 0.717) is 5.69 Å². The van der Waals surface area contributed by atoms with Crippen LogP contribution in [-0.4, -0.2) is 23.5 Å². The fourth-order valence-electron chi connectivity index (χ4n) is 2.03. The van der Waals surface area contributed by atoms with Crippen molar-refractivity contribution < 1.29 is 4.79 Å². The van der Waals surface area contributed by atoms with Crippen molar-refractivity contribution in [2.75, 3.05) is 11.9 Å². The summed E-state index contributed by atoms with van der Waals surface area (Å²) in [7, 11) is 0. The van der Waals surface area contributed by atoms with Gasteiger partial charge in [0.25, 0.3) is 0 Å². The van der Waals surface area contributed by atoms with Gasteiger partial charge in [-0.15, -0.1) is 11.3 Å². The third-order valence-electron chi connectivity index (χ3n) is 3.28. The summed E-state index contributed by atoms with van der Waals surface area (Å²) in [6.07, 6.45) is 0. The van der Waals surface area contributed by atoms with Gasteiger partial charge in [0, 0.05) is 17.8 Å². The van der Waals surface area contributed by atoms with Crippen LogP contribution in [0.1, 0.15) is 0 Å². The van der Waals surface area contributed by atoms with E-state index in [-0.39, 0.29) is 12.5 Å². The van der Waals surface area contributed by atoms with Gasteiger partial charge in [0.15, 0.2) is 0 Å². The van der Waals surface area contributed by atoms with Crippen LogP contribution >= 0.6 is 11.3 Å². The number of amides is 1. The average molecular weight is 312 g/mol. The first kappa shape index (κ1) is 14.6.